The van der Waals surface area contributed by atoms with Crippen LogP contribution in [0.15, 0.2) is 11.0 Å². The van der Waals surface area contributed by atoms with Crippen LogP contribution < -0.4 is 5.56 Å². The second kappa shape index (κ2) is 6.05. The van der Waals surface area contributed by atoms with Crippen LogP contribution in [0.25, 0.3) is 0 Å². The molecule has 1 aliphatic rings. The highest BCUT2D eigenvalue weighted by Gasteiger charge is 2.36. The predicted molar refractivity (Wildman–Crippen MR) is 68.4 cm³/mol. The molecule has 4 N–H and O–H groups in total. The third-order valence-corrected chi connectivity index (χ3v) is 3.64. The zero-order valence-corrected chi connectivity index (χ0v) is 12.1. The summed E-state index contributed by atoms with van der Waals surface area (Å²) in [5.74, 6) is -1.07. The minimum Gasteiger partial charge on any atom is -0.390 e. The topological polar surface area (TPSA) is 134 Å². The molecule has 1 aromatic heterocycles. The lowest BCUT2D eigenvalue weighted by molar-refractivity contribution is -0.0447. The van der Waals surface area contributed by atoms with E-state index in [0.717, 1.165) is 10.8 Å². The number of aromatic nitrogens is 2. The minimum atomic E-state index is -4.69. The average molecular weight is 342 g/mol. The molecular formula is C9H12FN2O7PS. The second-order valence-corrected chi connectivity index (χ2v) is 5.99. The zero-order chi connectivity index (χ0) is 15.8. The summed E-state index contributed by atoms with van der Waals surface area (Å²) in [7, 11) is -4.69. The van der Waals surface area contributed by atoms with E-state index in [9.17, 15) is 18.9 Å². The molecule has 1 fully saturated rings. The number of phosphoric ester groups is 1. The lowest BCUT2D eigenvalue weighted by atomic mass is 10.2. The van der Waals surface area contributed by atoms with Crippen molar-refractivity contribution in [2.24, 2.45) is 0 Å². The van der Waals surface area contributed by atoms with E-state index in [1.807, 2.05) is 0 Å². The molecule has 0 amide bonds. The van der Waals surface area contributed by atoms with Crippen molar-refractivity contribution in [3.05, 3.63) is 27.1 Å². The molecule has 0 bridgehead atoms. The van der Waals surface area contributed by atoms with Crippen LogP contribution in [0.4, 0.5) is 4.39 Å². The van der Waals surface area contributed by atoms with Crippen molar-refractivity contribution in [3.8, 4) is 0 Å². The third-order valence-electron chi connectivity index (χ3n) is 2.85. The molecule has 0 saturated carbocycles. The molecule has 1 aromatic rings. The molecule has 21 heavy (non-hydrogen) atoms. The lowest BCUT2D eigenvalue weighted by Gasteiger charge is -2.17. The first-order valence-electron chi connectivity index (χ1n) is 5.72. The standard InChI is InChI=1S/C9H12FN2O7PS/c10-4-2-12(9(21)11-8(4)14)7-1-5(13)6(19-7)3-18-20(15,16)17/h2,5-7,13H,1,3H2,(H,11,14,21)(H2,15,16,17)/t5-,6+,7+/m0/s1. The van der Waals surface area contributed by atoms with Crippen LogP contribution in [0.1, 0.15) is 12.6 Å². The fraction of sp³-hybridized carbons (Fsp3) is 0.556. The summed E-state index contributed by atoms with van der Waals surface area (Å²) >= 11 is 4.86. The van der Waals surface area contributed by atoms with Gasteiger partial charge in [0.25, 0.3) is 5.56 Å². The fourth-order valence-corrected chi connectivity index (χ4v) is 2.49. The van der Waals surface area contributed by atoms with Crippen LogP contribution in [0.5, 0.6) is 0 Å². The van der Waals surface area contributed by atoms with Gasteiger partial charge in [0.15, 0.2) is 4.77 Å². The Balaban J connectivity index is 2.14. The van der Waals surface area contributed by atoms with Gasteiger partial charge in [-0.2, -0.15) is 4.39 Å². The van der Waals surface area contributed by atoms with Gasteiger partial charge >= 0.3 is 7.82 Å². The average Bonchev–Trinajstić information content (AvgIpc) is 2.72. The number of H-pyrrole nitrogens is 1. The molecule has 1 aliphatic heterocycles. The monoisotopic (exact) mass is 342 g/mol. The van der Waals surface area contributed by atoms with Crippen LogP contribution in [0, 0.1) is 10.6 Å². The fourth-order valence-electron chi connectivity index (χ4n) is 1.88. The molecule has 2 heterocycles. The van der Waals surface area contributed by atoms with E-state index in [1.165, 1.54) is 0 Å². The van der Waals surface area contributed by atoms with E-state index < -0.39 is 44.2 Å². The number of rotatable bonds is 4. The quantitative estimate of drug-likeness (QED) is 0.437. The number of nitrogens with zero attached hydrogens (tertiary/aromatic N) is 1. The van der Waals surface area contributed by atoms with Crippen molar-refractivity contribution in [1.29, 1.82) is 0 Å². The largest absolute Gasteiger partial charge is 0.469 e. The summed E-state index contributed by atoms with van der Waals surface area (Å²) in [6, 6.07) is 0. The molecule has 118 valence electrons. The van der Waals surface area contributed by atoms with Crippen LogP contribution in [0.2, 0.25) is 0 Å². The maximum atomic E-state index is 13.3. The molecular weight excluding hydrogens is 330 g/mol. The van der Waals surface area contributed by atoms with Crippen LogP contribution in [-0.4, -0.2) is 43.3 Å². The van der Waals surface area contributed by atoms with E-state index in [2.05, 4.69) is 9.51 Å². The van der Waals surface area contributed by atoms with Gasteiger partial charge in [-0.15, -0.1) is 0 Å². The number of halogens is 1. The number of aliphatic hydroxyl groups is 1. The van der Waals surface area contributed by atoms with Gasteiger partial charge in [0.1, 0.15) is 12.3 Å². The molecule has 12 heteroatoms. The van der Waals surface area contributed by atoms with Crippen LogP contribution >= 0.6 is 20.0 Å². The number of ether oxygens (including phenoxy) is 1. The minimum absolute atomic E-state index is 0.00498. The molecule has 0 spiro atoms. The maximum Gasteiger partial charge on any atom is 0.469 e. The highest BCUT2D eigenvalue weighted by atomic mass is 32.1. The van der Waals surface area contributed by atoms with E-state index in [1.54, 1.807) is 0 Å². The highest BCUT2D eigenvalue weighted by Crippen LogP contribution is 2.38. The molecule has 2 rings (SSSR count). The lowest BCUT2D eigenvalue weighted by Crippen LogP contribution is -2.26. The van der Waals surface area contributed by atoms with Gasteiger partial charge in [0.2, 0.25) is 5.82 Å². The van der Waals surface area contributed by atoms with E-state index in [4.69, 9.17) is 26.7 Å². The Hall–Kier alpha value is -0.940. The summed E-state index contributed by atoms with van der Waals surface area (Å²) in [4.78, 5) is 30.3. The number of phosphoric acid groups is 1. The first-order chi connectivity index (χ1) is 9.67. The number of hydrogen-bond donors (Lipinski definition) is 4. The van der Waals surface area contributed by atoms with Gasteiger partial charge in [0.05, 0.1) is 18.9 Å². The van der Waals surface area contributed by atoms with E-state index >= 15 is 0 Å². The number of aliphatic hydroxyl groups excluding tert-OH is 1. The molecule has 0 radical (unpaired) electrons. The van der Waals surface area contributed by atoms with Crippen molar-refractivity contribution in [2.45, 2.75) is 24.9 Å². The third kappa shape index (κ3) is 4.04. The first-order valence-corrected chi connectivity index (χ1v) is 7.66. The molecule has 0 unspecified atom stereocenters. The van der Waals surface area contributed by atoms with Gasteiger partial charge in [-0.25, -0.2) is 4.57 Å². The van der Waals surface area contributed by atoms with Gasteiger partial charge in [-0.1, -0.05) is 0 Å². The molecule has 0 aliphatic carbocycles. The van der Waals surface area contributed by atoms with Crippen molar-refractivity contribution in [3.63, 3.8) is 0 Å². The summed E-state index contributed by atoms with van der Waals surface area (Å²) in [5, 5.41) is 9.76. The Morgan fingerprint density at radius 1 is 1.62 bits per heavy atom. The number of hydrogen-bond acceptors (Lipinski definition) is 6. The van der Waals surface area contributed by atoms with Crippen molar-refractivity contribution in [1.82, 2.24) is 9.55 Å². The first kappa shape index (κ1) is 16.4. The Bertz CT molecular complexity index is 685. The molecule has 3 atom stereocenters. The summed E-state index contributed by atoms with van der Waals surface area (Å²) in [6.45, 7) is -0.541. The van der Waals surface area contributed by atoms with Crippen molar-refractivity contribution < 1.29 is 33.1 Å². The molecule has 9 nitrogen and oxygen atoms in total. The SMILES string of the molecule is O=c1[nH]c(=S)n([C@H]2C[C@H](O)[C@@H](COP(=O)(O)O)O2)cc1F. The van der Waals surface area contributed by atoms with Gasteiger partial charge in [-0.05, 0) is 12.2 Å². The van der Waals surface area contributed by atoms with E-state index in [0.29, 0.717) is 0 Å². The van der Waals surface area contributed by atoms with Crippen LogP contribution in [-0.2, 0) is 13.8 Å². The van der Waals surface area contributed by atoms with E-state index in [-0.39, 0.29) is 11.2 Å². The van der Waals surface area contributed by atoms with Crippen molar-refractivity contribution >= 4 is 20.0 Å². The maximum absolute atomic E-state index is 13.3. The Kier molecular flexibility index (Phi) is 4.73. The van der Waals surface area contributed by atoms with Gasteiger partial charge in [-0.3, -0.25) is 18.9 Å². The Morgan fingerprint density at radius 2 is 2.29 bits per heavy atom. The predicted octanol–water partition coefficient (Wildman–Crippen LogP) is -0.197. The zero-order valence-electron chi connectivity index (χ0n) is 10.4. The van der Waals surface area contributed by atoms with Crippen molar-refractivity contribution in [2.75, 3.05) is 6.61 Å². The second-order valence-electron chi connectivity index (χ2n) is 4.36. The van der Waals surface area contributed by atoms with Gasteiger partial charge in [0, 0.05) is 6.42 Å². The Morgan fingerprint density at radius 3 is 2.90 bits per heavy atom. The normalized spacial score (nSPS) is 26.2. The summed E-state index contributed by atoms with van der Waals surface area (Å²) in [6.07, 6.45) is -2.15. The van der Waals surface area contributed by atoms with Gasteiger partial charge < -0.3 is 19.6 Å². The summed E-state index contributed by atoms with van der Waals surface area (Å²) in [5.41, 5.74) is -0.976. The number of aromatic amines is 1. The van der Waals surface area contributed by atoms with Crippen LogP contribution in [0.3, 0.4) is 0 Å². The molecule has 1 saturated heterocycles. The Labute approximate surface area is 122 Å². The molecule has 0 aromatic carbocycles. The summed E-state index contributed by atoms with van der Waals surface area (Å²) < 4.78 is 34.4. The highest BCUT2D eigenvalue weighted by molar-refractivity contribution is 7.71. The number of nitrogens with one attached hydrogen (secondary N) is 1. The smallest absolute Gasteiger partial charge is 0.390 e.